The van der Waals surface area contributed by atoms with E-state index in [-0.39, 0.29) is 5.91 Å². The quantitative estimate of drug-likeness (QED) is 0.870. The number of hydrogen-bond donors (Lipinski definition) is 1. The van der Waals surface area contributed by atoms with E-state index in [9.17, 15) is 4.79 Å². The van der Waals surface area contributed by atoms with Gasteiger partial charge in [-0.3, -0.25) is 4.79 Å². The highest BCUT2D eigenvalue weighted by Gasteiger charge is 2.20. The van der Waals surface area contributed by atoms with Gasteiger partial charge < -0.3 is 10.2 Å². The molecule has 5 heteroatoms. The Labute approximate surface area is 138 Å². The molecule has 126 valence electrons. The zero-order chi connectivity index (χ0) is 16.1. The molecule has 0 radical (unpaired) electrons. The molecule has 2 heterocycles. The number of anilines is 1. The van der Waals surface area contributed by atoms with E-state index >= 15 is 0 Å². The average Bonchev–Trinajstić information content (AvgIpc) is 2.84. The molecule has 1 aliphatic carbocycles. The van der Waals surface area contributed by atoms with Crippen LogP contribution in [0.2, 0.25) is 0 Å². The van der Waals surface area contributed by atoms with Gasteiger partial charge >= 0.3 is 0 Å². The van der Waals surface area contributed by atoms with Gasteiger partial charge in [-0.15, -0.1) is 0 Å². The predicted molar refractivity (Wildman–Crippen MR) is 91.6 cm³/mol. The Morgan fingerprint density at radius 2 is 1.83 bits per heavy atom. The van der Waals surface area contributed by atoms with Crippen molar-refractivity contribution in [1.29, 1.82) is 0 Å². The van der Waals surface area contributed by atoms with Crippen molar-refractivity contribution >= 4 is 11.9 Å². The molecular weight excluding hydrogens is 288 g/mol. The zero-order valence-electron chi connectivity index (χ0n) is 14.1. The summed E-state index contributed by atoms with van der Waals surface area (Å²) >= 11 is 0. The lowest BCUT2D eigenvalue weighted by Crippen LogP contribution is -2.36. The van der Waals surface area contributed by atoms with Gasteiger partial charge in [0.05, 0.1) is 0 Å². The van der Waals surface area contributed by atoms with Crippen LogP contribution in [0.4, 0.5) is 5.95 Å². The number of hydrogen-bond acceptors (Lipinski definition) is 4. The van der Waals surface area contributed by atoms with Crippen LogP contribution in [0.25, 0.3) is 0 Å². The number of carbonyl (C=O) groups excluding carboxylic acids is 1. The highest BCUT2D eigenvalue weighted by atomic mass is 16.1. The summed E-state index contributed by atoms with van der Waals surface area (Å²) in [7, 11) is 0. The number of rotatable bonds is 3. The third kappa shape index (κ3) is 4.43. The third-order valence-corrected chi connectivity index (χ3v) is 5.13. The molecule has 0 spiro atoms. The minimum atomic E-state index is -0.0501. The summed E-state index contributed by atoms with van der Waals surface area (Å²) in [5, 5.41) is 3.16. The van der Waals surface area contributed by atoms with Crippen molar-refractivity contribution in [1.82, 2.24) is 15.3 Å². The Bertz CT molecular complexity index is 518. The Morgan fingerprint density at radius 3 is 2.52 bits per heavy atom. The molecule has 1 saturated heterocycles. The van der Waals surface area contributed by atoms with Crippen molar-refractivity contribution < 1.29 is 4.79 Å². The van der Waals surface area contributed by atoms with Gasteiger partial charge in [-0.2, -0.15) is 0 Å². The molecule has 1 N–H and O–H groups in total. The van der Waals surface area contributed by atoms with Crippen molar-refractivity contribution in [2.75, 3.05) is 18.0 Å². The molecular formula is C18H28N4O. The van der Waals surface area contributed by atoms with E-state index in [0.29, 0.717) is 17.7 Å². The van der Waals surface area contributed by atoms with Crippen molar-refractivity contribution in [3.8, 4) is 0 Å². The maximum absolute atomic E-state index is 12.5. The molecule has 0 atom stereocenters. The van der Waals surface area contributed by atoms with Crippen molar-refractivity contribution in [2.24, 2.45) is 5.92 Å². The smallest absolute Gasteiger partial charge is 0.270 e. The van der Waals surface area contributed by atoms with Crippen LogP contribution in [-0.2, 0) is 0 Å². The van der Waals surface area contributed by atoms with E-state index in [2.05, 4.69) is 27.1 Å². The van der Waals surface area contributed by atoms with E-state index < -0.39 is 0 Å². The predicted octanol–water partition coefficient (Wildman–Crippen LogP) is 3.17. The van der Waals surface area contributed by atoms with Gasteiger partial charge in [-0.05, 0) is 37.7 Å². The van der Waals surface area contributed by atoms with Crippen LogP contribution in [0, 0.1) is 5.92 Å². The number of carbonyl (C=O) groups is 1. The zero-order valence-corrected chi connectivity index (χ0v) is 14.1. The largest absolute Gasteiger partial charge is 0.348 e. The first kappa shape index (κ1) is 16.2. The van der Waals surface area contributed by atoms with Gasteiger partial charge in [-0.1, -0.05) is 32.6 Å². The number of piperidine rings is 1. The topological polar surface area (TPSA) is 58.1 Å². The molecule has 1 saturated carbocycles. The fourth-order valence-electron chi connectivity index (χ4n) is 3.52. The molecule has 1 aromatic rings. The van der Waals surface area contributed by atoms with Gasteiger partial charge in [0, 0.05) is 25.3 Å². The number of nitrogens with one attached hydrogen (secondary N) is 1. The summed E-state index contributed by atoms with van der Waals surface area (Å²) in [6, 6.07) is 2.03. The van der Waals surface area contributed by atoms with E-state index in [1.54, 1.807) is 12.3 Å². The minimum Gasteiger partial charge on any atom is -0.348 e. The number of nitrogens with zero attached hydrogens (tertiary/aromatic N) is 3. The highest BCUT2D eigenvalue weighted by molar-refractivity contribution is 5.92. The first-order chi connectivity index (χ1) is 11.2. The molecule has 2 fully saturated rings. The first-order valence-electron chi connectivity index (χ1n) is 9.11. The molecule has 2 aliphatic rings. The maximum atomic E-state index is 12.5. The van der Waals surface area contributed by atoms with Crippen molar-refractivity contribution in [2.45, 2.75) is 64.3 Å². The van der Waals surface area contributed by atoms with Crippen LogP contribution in [-0.4, -0.2) is 35.0 Å². The summed E-state index contributed by atoms with van der Waals surface area (Å²) in [5.74, 6) is 1.42. The van der Waals surface area contributed by atoms with Gasteiger partial charge in [0.25, 0.3) is 5.91 Å². The fourth-order valence-corrected chi connectivity index (χ4v) is 3.52. The summed E-state index contributed by atoms with van der Waals surface area (Å²) in [6.45, 7) is 4.25. The van der Waals surface area contributed by atoms with E-state index in [1.807, 2.05) is 0 Å². The summed E-state index contributed by atoms with van der Waals surface area (Å²) in [4.78, 5) is 23.6. The molecule has 0 unspecified atom stereocenters. The van der Waals surface area contributed by atoms with Gasteiger partial charge in [0.1, 0.15) is 5.69 Å². The third-order valence-electron chi connectivity index (χ3n) is 5.13. The second-order valence-electron chi connectivity index (χ2n) is 7.07. The molecule has 1 amide bonds. The molecule has 0 aromatic carbocycles. The second-order valence-corrected chi connectivity index (χ2v) is 7.07. The van der Waals surface area contributed by atoms with E-state index in [1.165, 1.54) is 38.5 Å². The van der Waals surface area contributed by atoms with Crippen LogP contribution in [0.1, 0.15) is 68.8 Å². The van der Waals surface area contributed by atoms with Gasteiger partial charge in [0.15, 0.2) is 0 Å². The summed E-state index contributed by atoms with van der Waals surface area (Å²) in [5.41, 5.74) is 0.498. The molecule has 3 rings (SSSR count). The lowest BCUT2D eigenvalue weighted by atomic mass is 10.00. The molecule has 23 heavy (non-hydrogen) atoms. The van der Waals surface area contributed by atoms with Crippen LogP contribution < -0.4 is 10.2 Å². The summed E-state index contributed by atoms with van der Waals surface area (Å²) in [6.07, 6.45) is 11.2. The fraction of sp³-hybridized carbons (Fsp3) is 0.722. The molecule has 0 bridgehead atoms. The van der Waals surface area contributed by atoms with Crippen LogP contribution >= 0.6 is 0 Å². The molecule has 1 aromatic heterocycles. The normalized spacial score (nSPS) is 21.0. The van der Waals surface area contributed by atoms with Crippen LogP contribution in [0.5, 0.6) is 0 Å². The Kier molecular flexibility index (Phi) is 5.47. The minimum absolute atomic E-state index is 0.0501. The van der Waals surface area contributed by atoms with E-state index in [0.717, 1.165) is 31.8 Å². The SMILES string of the molecule is CC1CCN(c2nccc(C(=O)NC3CCCCCC3)n2)CC1. The molecule has 5 nitrogen and oxygen atoms in total. The van der Waals surface area contributed by atoms with Crippen LogP contribution in [0.3, 0.4) is 0 Å². The standard InChI is InChI=1S/C18H28N4O/c1-14-9-12-22(13-10-14)18-19-11-8-16(21-18)17(23)20-15-6-4-2-3-5-7-15/h8,11,14-15H,2-7,9-10,12-13H2,1H3,(H,20,23). The second kappa shape index (κ2) is 7.75. The lowest BCUT2D eigenvalue weighted by Gasteiger charge is -2.30. The lowest BCUT2D eigenvalue weighted by molar-refractivity contribution is 0.0928. The van der Waals surface area contributed by atoms with Crippen molar-refractivity contribution in [3.05, 3.63) is 18.0 Å². The number of aromatic nitrogens is 2. The molecule has 1 aliphatic heterocycles. The van der Waals surface area contributed by atoms with Crippen LogP contribution in [0.15, 0.2) is 12.3 Å². The van der Waals surface area contributed by atoms with Gasteiger partial charge in [0.2, 0.25) is 5.95 Å². The Morgan fingerprint density at radius 1 is 1.13 bits per heavy atom. The monoisotopic (exact) mass is 316 g/mol. The number of amides is 1. The van der Waals surface area contributed by atoms with E-state index in [4.69, 9.17) is 0 Å². The average molecular weight is 316 g/mol. The first-order valence-corrected chi connectivity index (χ1v) is 9.11. The van der Waals surface area contributed by atoms with Crippen molar-refractivity contribution in [3.63, 3.8) is 0 Å². The summed E-state index contributed by atoms with van der Waals surface area (Å²) < 4.78 is 0. The Balaban J connectivity index is 1.63. The highest BCUT2D eigenvalue weighted by Crippen LogP contribution is 2.20. The Hall–Kier alpha value is -1.65. The maximum Gasteiger partial charge on any atom is 0.270 e. The van der Waals surface area contributed by atoms with Gasteiger partial charge in [-0.25, -0.2) is 9.97 Å².